The highest BCUT2D eigenvalue weighted by Crippen LogP contribution is 2.52. The predicted molar refractivity (Wildman–Crippen MR) is 150 cm³/mol. The van der Waals surface area contributed by atoms with Crippen LogP contribution in [0.5, 0.6) is 0 Å². The summed E-state index contributed by atoms with van der Waals surface area (Å²) in [4.78, 5) is 16.7. The molecule has 0 saturated heterocycles. The maximum Gasteiger partial charge on any atom is 0.303 e. The van der Waals surface area contributed by atoms with E-state index in [1.165, 1.54) is 0 Å². The molecule has 1 unspecified atom stereocenters. The van der Waals surface area contributed by atoms with Crippen LogP contribution in [0.1, 0.15) is 43.0 Å². The minimum Gasteiger partial charge on any atom is -0.481 e. The number of halogens is 2. The Morgan fingerprint density at radius 1 is 1.05 bits per heavy atom. The van der Waals surface area contributed by atoms with Gasteiger partial charge in [0, 0.05) is 27.7 Å². The quantitative estimate of drug-likeness (QED) is 0.188. The molecule has 5 rings (SSSR count). The number of thioether (sulfide) groups is 1. The van der Waals surface area contributed by atoms with Crippen LogP contribution in [-0.2, 0) is 11.2 Å². The normalized spacial score (nSPS) is 14.5. The third-order valence-electron chi connectivity index (χ3n) is 6.89. The zero-order valence-corrected chi connectivity index (χ0v) is 22.2. The van der Waals surface area contributed by atoms with Gasteiger partial charge in [-0.15, -0.1) is 11.8 Å². The van der Waals surface area contributed by atoms with Crippen molar-refractivity contribution >= 4 is 28.6 Å². The number of aliphatic hydroxyl groups excluding tert-OH is 1. The molecule has 1 aliphatic rings. The molecule has 0 amide bonds. The number of hydrogen-bond donors (Lipinski definition) is 2. The lowest BCUT2D eigenvalue weighted by Crippen LogP contribution is -2.12. The van der Waals surface area contributed by atoms with Gasteiger partial charge in [-0.3, -0.25) is 4.79 Å². The summed E-state index contributed by atoms with van der Waals surface area (Å²) in [6.45, 7) is 1.76. The lowest BCUT2D eigenvalue weighted by Gasteiger charge is -2.18. The molecular weight excluding hydrogens is 516 g/mol. The maximum atomic E-state index is 13.6. The Balaban J connectivity index is 1.43. The average molecular weight is 544 g/mol. The van der Waals surface area contributed by atoms with E-state index in [1.54, 1.807) is 30.8 Å². The number of nitrogens with zero attached hydrogens (tertiary/aromatic N) is 1. The van der Waals surface area contributed by atoms with Gasteiger partial charge in [-0.05, 0) is 90.6 Å². The number of rotatable bonds is 8. The van der Waals surface area contributed by atoms with E-state index < -0.39 is 23.7 Å². The molecular formula is C32H27F2NO3S. The number of carboxylic acids is 1. The Morgan fingerprint density at radius 2 is 1.82 bits per heavy atom. The Labute approximate surface area is 230 Å². The molecule has 4 aromatic rings. The summed E-state index contributed by atoms with van der Waals surface area (Å²) in [6.07, 6.45) is 1.97. The van der Waals surface area contributed by atoms with Crippen molar-refractivity contribution in [3.8, 4) is 23.0 Å². The number of benzene rings is 3. The topological polar surface area (TPSA) is 70.4 Å². The zero-order valence-electron chi connectivity index (χ0n) is 21.4. The van der Waals surface area contributed by atoms with Crippen molar-refractivity contribution in [3.05, 3.63) is 95.2 Å². The van der Waals surface area contributed by atoms with Crippen molar-refractivity contribution in [2.75, 3.05) is 5.75 Å². The third-order valence-corrected chi connectivity index (χ3v) is 8.34. The number of aliphatic carboxylic acids is 1. The highest BCUT2D eigenvalue weighted by molar-refractivity contribution is 7.99. The number of aliphatic hydroxyl groups is 1. The largest absolute Gasteiger partial charge is 0.481 e. The fourth-order valence-electron chi connectivity index (χ4n) is 4.67. The second-order valence-electron chi connectivity index (χ2n) is 10.2. The minimum absolute atomic E-state index is 0.138. The summed E-state index contributed by atoms with van der Waals surface area (Å²) in [6, 6.07) is 19.4. The molecule has 1 aliphatic carbocycles. The van der Waals surface area contributed by atoms with Crippen LogP contribution in [0.25, 0.3) is 22.0 Å². The van der Waals surface area contributed by atoms with Gasteiger partial charge in [0.25, 0.3) is 0 Å². The van der Waals surface area contributed by atoms with Crippen molar-refractivity contribution in [1.29, 1.82) is 0 Å². The number of pyridine rings is 1. The van der Waals surface area contributed by atoms with Gasteiger partial charge < -0.3 is 10.2 Å². The molecule has 1 atom stereocenters. The minimum atomic E-state index is -0.949. The number of carbonyl (C=O) groups is 1. The van der Waals surface area contributed by atoms with Gasteiger partial charge >= 0.3 is 5.97 Å². The summed E-state index contributed by atoms with van der Waals surface area (Å²) in [7, 11) is 0. The first-order valence-electron chi connectivity index (χ1n) is 12.7. The molecule has 4 nitrogen and oxygen atoms in total. The summed E-state index contributed by atoms with van der Waals surface area (Å²) >= 11 is 1.66. The Kier molecular flexibility index (Phi) is 7.69. The first-order valence-corrected chi connectivity index (χ1v) is 13.7. The lowest BCUT2D eigenvalue weighted by molar-refractivity contribution is -0.138. The number of hydrogen-bond acceptors (Lipinski definition) is 4. The fraction of sp³-hybridized carbons (Fsp3) is 0.250. The first-order chi connectivity index (χ1) is 18.7. The van der Waals surface area contributed by atoms with Crippen LogP contribution in [-0.4, -0.2) is 33.0 Å². The van der Waals surface area contributed by atoms with Gasteiger partial charge in [-0.2, -0.15) is 0 Å². The van der Waals surface area contributed by atoms with Gasteiger partial charge in [0.15, 0.2) is 11.6 Å². The summed E-state index contributed by atoms with van der Waals surface area (Å²) in [5.74, 6) is 4.24. The van der Waals surface area contributed by atoms with E-state index in [-0.39, 0.29) is 11.8 Å². The molecule has 0 spiro atoms. The number of aromatic nitrogens is 1. The van der Waals surface area contributed by atoms with Crippen molar-refractivity contribution in [2.24, 2.45) is 5.41 Å². The van der Waals surface area contributed by atoms with Gasteiger partial charge in [0.2, 0.25) is 0 Å². The van der Waals surface area contributed by atoms with Crippen molar-refractivity contribution in [3.63, 3.8) is 0 Å². The second kappa shape index (κ2) is 11.2. The standard InChI is InChI=1S/C32H27F2NO3S/c1-20(36)14-26-25(6-3-7-30(26)39-19-32(12-13-32)18-31(37)38)22-5-2-4-21(15-22)8-10-24-11-9-23-16-27(33)28(34)17-29(23)35-24/h2-7,9,11,15-17,20,36H,12-14,18-19H2,1H3,(H,37,38). The van der Waals surface area contributed by atoms with Crippen molar-refractivity contribution in [1.82, 2.24) is 4.98 Å². The van der Waals surface area contributed by atoms with E-state index >= 15 is 0 Å². The van der Waals surface area contributed by atoms with Crippen LogP contribution in [0.4, 0.5) is 8.78 Å². The van der Waals surface area contributed by atoms with Crippen LogP contribution in [0.3, 0.4) is 0 Å². The summed E-state index contributed by atoms with van der Waals surface area (Å²) in [5, 5.41) is 20.1. The number of fused-ring (bicyclic) bond motifs is 1. The molecule has 198 valence electrons. The Morgan fingerprint density at radius 3 is 2.56 bits per heavy atom. The van der Waals surface area contributed by atoms with Gasteiger partial charge in [0.05, 0.1) is 18.0 Å². The SMILES string of the molecule is CC(O)Cc1c(SCC2(CC(=O)O)CC2)cccc1-c1cccc(C#Cc2ccc3cc(F)c(F)cc3n2)c1. The lowest BCUT2D eigenvalue weighted by atomic mass is 9.95. The van der Waals surface area contributed by atoms with E-state index in [0.29, 0.717) is 23.0 Å². The van der Waals surface area contributed by atoms with Crippen LogP contribution >= 0.6 is 11.8 Å². The molecule has 0 bridgehead atoms. The van der Waals surface area contributed by atoms with E-state index in [0.717, 1.165) is 57.9 Å². The van der Waals surface area contributed by atoms with Crippen LogP contribution in [0.2, 0.25) is 0 Å². The van der Waals surface area contributed by atoms with Crippen LogP contribution in [0, 0.1) is 28.9 Å². The summed E-state index contributed by atoms with van der Waals surface area (Å²) < 4.78 is 27.1. The summed E-state index contributed by atoms with van der Waals surface area (Å²) in [5.41, 5.74) is 4.38. The monoisotopic (exact) mass is 543 g/mol. The molecule has 2 N–H and O–H groups in total. The first kappa shape index (κ1) is 26.9. The molecule has 3 aromatic carbocycles. The molecule has 1 aromatic heterocycles. The van der Waals surface area contributed by atoms with E-state index in [9.17, 15) is 23.8 Å². The molecule has 0 radical (unpaired) electrons. The second-order valence-corrected chi connectivity index (χ2v) is 11.2. The molecule has 1 saturated carbocycles. The Bertz CT molecular complexity index is 1620. The van der Waals surface area contributed by atoms with E-state index in [2.05, 4.69) is 16.8 Å². The van der Waals surface area contributed by atoms with Crippen molar-refractivity contribution in [2.45, 2.75) is 43.6 Å². The number of carboxylic acid groups (broad SMARTS) is 1. The van der Waals surface area contributed by atoms with Gasteiger partial charge in [-0.1, -0.05) is 30.2 Å². The highest BCUT2D eigenvalue weighted by Gasteiger charge is 2.44. The molecule has 39 heavy (non-hydrogen) atoms. The smallest absolute Gasteiger partial charge is 0.303 e. The average Bonchev–Trinajstić information content (AvgIpc) is 3.66. The molecule has 1 heterocycles. The molecule has 1 fully saturated rings. The van der Waals surface area contributed by atoms with Crippen LogP contribution < -0.4 is 0 Å². The van der Waals surface area contributed by atoms with Crippen molar-refractivity contribution < 1.29 is 23.8 Å². The molecule has 0 aliphatic heterocycles. The molecule has 7 heteroatoms. The third kappa shape index (κ3) is 6.47. The zero-order chi connectivity index (χ0) is 27.6. The fourth-order valence-corrected chi connectivity index (χ4v) is 6.06. The maximum absolute atomic E-state index is 13.6. The van der Waals surface area contributed by atoms with E-state index in [1.807, 2.05) is 42.5 Å². The Hall–Kier alpha value is -3.73. The van der Waals surface area contributed by atoms with Crippen LogP contribution in [0.15, 0.2) is 71.6 Å². The van der Waals surface area contributed by atoms with Gasteiger partial charge in [-0.25, -0.2) is 13.8 Å². The highest BCUT2D eigenvalue weighted by atomic mass is 32.2. The predicted octanol–water partition coefficient (Wildman–Crippen LogP) is 6.85. The van der Waals surface area contributed by atoms with Gasteiger partial charge in [0.1, 0.15) is 5.69 Å². The van der Waals surface area contributed by atoms with E-state index in [4.69, 9.17) is 0 Å².